The molecule has 0 spiro atoms. The first kappa shape index (κ1) is 14.7. The van der Waals surface area contributed by atoms with Gasteiger partial charge in [0.2, 0.25) is 0 Å². The van der Waals surface area contributed by atoms with Crippen LogP contribution in [0.4, 0.5) is 20.2 Å². The molecular weight excluding hydrogens is 306 g/mol. The van der Waals surface area contributed by atoms with Crippen molar-refractivity contribution in [3.63, 3.8) is 0 Å². The number of benzene rings is 2. The molecule has 0 unspecified atom stereocenters. The van der Waals surface area contributed by atoms with Crippen LogP contribution >= 0.6 is 0 Å². The Hall–Kier alpha value is -3.22. The summed E-state index contributed by atoms with van der Waals surface area (Å²) in [5.74, 6) is -4.13. The molecule has 116 valence electrons. The summed E-state index contributed by atoms with van der Waals surface area (Å²) in [6.07, 6.45) is 1.000. The third-order valence-corrected chi connectivity index (χ3v) is 3.24. The summed E-state index contributed by atoms with van der Waals surface area (Å²) >= 11 is 0. The number of amides is 2. The molecule has 2 aromatic carbocycles. The number of nitrogens with one attached hydrogen (secondary N) is 1. The average molecular weight is 316 g/mol. The van der Waals surface area contributed by atoms with Crippen LogP contribution in [0.2, 0.25) is 0 Å². The van der Waals surface area contributed by atoms with Gasteiger partial charge in [-0.25, -0.2) is 13.7 Å². The first-order valence-electron chi connectivity index (χ1n) is 6.57. The van der Waals surface area contributed by atoms with E-state index in [1.807, 2.05) is 0 Å². The smallest absolute Gasteiger partial charge is 0.281 e. The largest absolute Gasteiger partial charge is 0.505 e. The molecule has 0 saturated heterocycles. The highest BCUT2D eigenvalue weighted by Crippen LogP contribution is 2.27. The van der Waals surface area contributed by atoms with E-state index in [4.69, 9.17) is 5.11 Å². The predicted octanol–water partition coefficient (Wildman–Crippen LogP) is 2.54. The number of phenolic OH excluding ortho intramolecular Hbond substituents is 1. The quantitative estimate of drug-likeness (QED) is 0.674. The van der Waals surface area contributed by atoms with Crippen molar-refractivity contribution < 1.29 is 23.5 Å². The van der Waals surface area contributed by atoms with Gasteiger partial charge in [0, 0.05) is 18.2 Å². The van der Waals surface area contributed by atoms with Crippen LogP contribution in [0.3, 0.4) is 0 Å². The number of aromatic hydroxyl groups is 1. The van der Waals surface area contributed by atoms with Gasteiger partial charge in [0.25, 0.3) is 11.8 Å². The fraction of sp³-hybridized carbons (Fsp3) is 0. The summed E-state index contributed by atoms with van der Waals surface area (Å²) in [6.45, 7) is 0. The SMILES string of the molecule is O=C1C=C(Nc2cc(F)c(O)cc2F)C(=O)N1c1ccccc1. The molecule has 0 fully saturated rings. The maximum absolute atomic E-state index is 13.7. The molecular formula is C16H10F2N2O3. The van der Waals surface area contributed by atoms with Gasteiger partial charge in [-0.3, -0.25) is 9.59 Å². The summed E-state index contributed by atoms with van der Waals surface area (Å²) in [5, 5.41) is 11.5. The molecule has 0 aliphatic carbocycles. The summed E-state index contributed by atoms with van der Waals surface area (Å²) in [4.78, 5) is 25.2. The van der Waals surface area contributed by atoms with Gasteiger partial charge in [-0.15, -0.1) is 0 Å². The molecule has 1 aliphatic rings. The van der Waals surface area contributed by atoms with E-state index < -0.39 is 29.2 Å². The van der Waals surface area contributed by atoms with E-state index in [9.17, 15) is 18.4 Å². The van der Waals surface area contributed by atoms with Gasteiger partial charge in [-0.2, -0.15) is 0 Å². The molecule has 1 aliphatic heterocycles. The van der Waals surface area contributed by atoms with Crippen LogP contribution in [-0.2, 0) is 9.59 Å². The van der Waals surface area contributed by atoms with Gasteiger partial charge in [0.1, 0.15) is 5.70 Å². The number of halogens is 2. The Morgan fingerprint density at radius 2 is 1.70 bits per heavy atom. The molecule has 0 atom stereocenters. The first-order valence-corrected chi connectivity index (χ1v) is 6.57. The molecule has 7 heteroatoms. The summed E-state index contributed by atoms with van der Waals surface area (Å²) < 4.78 is 27.0. The van der Waals surface area contributed by atoms with E-state index >= 15 is 0 Å². The predicted molar refractivity (Wildman–Crippen MR) is 78.7 cm³/mol. The number of hydrogen-bond donors (Lipinski definition) is 2. The fourth-order valence-electron chi connectivity index (χ4n) is 2.16. The average Bonchev–Trinajstić information content (AvgIpc) is 2.80. The molecule has 0 aromatic heterocycles. The van der Waals surface area contributed by atoms with Gasteiger partial charge >= 0.3 is 0 Å². The molecule has 1 heterocycles. The number of para-hydroxylation sites is 1. The van der Waals surface area contributed by atoms with Gasteiger partial charge in [0.05, 0.1) is 11.4 Å². The number of rotatable bonds is 3. The van der Waals surface area contributed by atoms with E-state index in [1.165, 1.54) is 0 Å². The van der Waals surface area contributed by atoms with E-state index in [1.54, 1.807) is 30.3 Å². The van der Waals surface area contributed by atoms with Crippen molar-refractivity contribution in [1.82, 2.24) is 0 Å². The Bertz CT molecular complexity index is 835. The van der Waals surface area contributed by atoms with Crippen LogP contribution in [0.15, 0.2) is 54.2 Å². The monoisotopic (exact) mass is 316 g/mol. The number of imide groups is 1. The third-order valence-electron chi connectivity index (χ3n) is 3.24. The molecule has 0 bridgehead atoms. The molecule has 23 heavy (non-hydrogen) atoms. The first-order chi connectivity index (χ1) is 11.0. The van der Waals surface area contributed by atoms with Crippen LogP contribution in [0, 0.1) is 11.6 Å². The minimum absolute atomic E-state index is 0.192. The lowest BCUT2D eigenvalue weighted by molar-refractivity contribution is -0.120. The summed E-state index contributed by atoms with van der Waals surface area (Å²) in [7, 11) is 0. The molecule has 0 radical (unpaired) electrons. The van der Waals surface area contributed by atoms with Crippen LogP contribution in [0.25, 0.3) is 0 Å². The number of phenols is 1. The van der Waals surface area contributed by atoms with Crippen LogP contribution < -0.4 is 10.2 Å². The van der Waals surface area contributed by atoms with E-state index in [2.05, 4.69) is 5.32 Å². The van der Waals surface area contributed by atoms with Gasteiger partial charge < -0.3 is 10.4 Å². The normalized spacial score (nSPS) is 14.2. The van der Waals surface area contributed by atoms with Gasteiger partial charge in [-0.05, 0) is 12.1 Å². The van der Waals surface area contributed by atoms with Crippen molar-refractivity contribution in [3.05, 3.63) is 65.9 Å². The Morgan fingerprint density at radius 3 is 2.39 bits per heavy atom. The highest BCUT2D eigenvalue weighted by molar-refractivity contribution is 6.31. The lowest BCUT2D eigenvalue weighted by atomic mass is 10.2. The topological polar surface area (TPSA) is 69.6 Å². The van der Waals surface area contributed by atoms with Crippen molar-refractivity contribution in [2.45, 2.75) is 0 Å². The van der Waals surface area contributed by atoms with E-state index in [-0.39, 0.29) is 11.4 Å². The highest BCUT2D eigenvalue weighted by atomic mass is 19.1. The van der Waals surface area contributed by atoms with Crippen LogP contribution in [0.5, 0.6) is 5.75 Å². The second kappa shape index (κ2) is 5.53. The fourth-order valence-corrected chi connectivity index (χ4v) is 2.16. The van der Waals surface area contributed by atoms with Crippen molar-refractivity contribution in [3.8, 4) is 5.75 Å². The number of carbonyl (C=O) groups is 2. The van der Waals surface area contributed by atoms with Gasteiger partial charge in [-0.1, -0.05) is 18.2 Å². The minimum Gasteiger partial charge on any atom is -0.505 e. The Balaban J connectivity index is 1.88. The maximum Gasteiger partial charge on any atom is 0.281 e. The van der Waals surface area contributed by atoms with Crippen molar-refractivity contribution in [2.75, 3.05) is 10.2 Å². The maximum atomic E-state index is 13.7. The lowest BCUT2D eigenvalue weighted by Crippen LogP contribution is -2.31. The second-order valence-corrected chi connectivity index (χ2v) is 4.78. The lowest BCUT2D eigenvalue weighted by Gasteiger charge is -2.15. The molecule has 0 saturated carbocycles. The zero-order valence-electron chi connectivity index (χ0n) is 11.6. The zero-order chi connectivity index (χ0) is 16.6. The third kappa shape index (κ3) is 2.64. The van der Waals surface area contributed by atoms with Crippen LogP contribution in [0.1, 0.15) is 0 Å². The van der Waals surface area contributed by atoms with Gasteiger partial charge in [0.15, 0.2) is 17.4 Å². The van der Waals surface area contributed by atoms with Crippen molar-refractivity contribution in [2.24, 2.45) is 0 Å². The van der Waals surface area contributed by atoms with Crippen molar-refractivity contribution >= 4 is 23.2 Å². The standard InChI is InChI=1S/C16H10F2N2O3/c17-10-7-14(21)11(18)6-12(10)19-13-8-15(22)20(16(13)23)9-4-2-1-3-5-9/h1-8,19,21H. The molecule has 5 nitrogen and oxygen atoms in total. The van der Waals surface area contributed by atoms with Crippen molar-refractivity contribution in [1.29, 1.82) is 0 Å². The zero-order valence-corrected chi connectivity index (χ0v) is 11.6. The minimum atomic E-state index is -1.05. The number of nitrogens with zero attached hydrogens (tertiary/aromatic N) is 1. The Kier molecular flexibility index (Phi) is 3.53. The number of hydrogen-bond acceptors (Lipinski definition) is 4. The summed E-state index contributed by atoms with van der Waals surface area (Å²) in [6, 6.07) is 9.49. The van der Waals surface area contributed by atoms with E-state index in [0.717, 1.165) is 11.0 Å². The summed E-state index contributed by atoms with van der Waals surface area (Å²) in [5.41, 5.74) is -0.182. The van der Waals surface area contributed by atoms with Crippen LogP contribution in [-0.4, -0.2) is 16.9 Å². The number of carbonyl (C=O) groups excluding carboxylic acids is 2. The molecule has 2 aromatic rings. The highest BCUT2D eigenvalue weighted by Gasteiger charge is 2.32. The molecule has 3 rings (SSSR count). The molecule has 2 amide bonds. The van der Waals surface area contributed by atoms with E-state index in [0.29, 0.717) is 17.8 Å². The number of anilines is 2. The Labute approximate surface area is 129 Å². The molecule has 2 N–H and O–H groups in total. The second-order valence-electron chi connectivity index (χ2n) is 4.78. The Morgan fingerprint density at radius 1 is 1.00 bits per heavy atom.